The summed E-state index contributed by atoms with van der Waals surface area (Å²) < 4.78 is 1.80. The molecule has 3 rings (SSSR count). The maximum absolute atomic E-state index is 13.1. The molecule has 1 heterocycles. The van der Waals surface area contributed by atoms with E-state index >= 15 is 0 Å². The number of para-hydroxylation sites is 1. The minimum absolute atomic E-state index is 0.296. The van der Waals surface area contributed by atoms with E-state index in [1.165, 1.54) is 17.1 Å². The summed E-state index contributed by atoms with van der Waals surface area (Å²) in [5.41, 5.74) is 3.76. The highest BCUT2D eigenvalue weighted by molar-refractivity contribution is 6.35. The molecule has 28 heavy (non-hydrogen) atoms. The summed E-state index contributed by atoms with van der Waals surface area (Å²) in [5.74, 6) is -0.779. The Balaban J connectivity index is 1.95. The largest absolute Gasteiger partial charge is 0.340 e. The SMILES string of the molecule is Cn1c(C(=O)NN(C(=O)c2cc(Cl)cc(Cl)c2)C(C)(C)C)cc2ccccc21. The van der Waals surface area contributed by atoms with E-state index in [2.05, 4.69) is 5.43 Å². The quantitative estimate of drug-likeness (QED) is 0.591. The number of amides is 2. The fourth-order valence-electron chi connectivity index (χ4n) is 3.00. The number of halogens is 2. The topological polar surface area (TPSA) is 54.3 Å². The first-order valence-corrected chi connectivity index (χ1v) is 9.49. The van der Waals surface area contributed by atoms with Gasteiger partial charge < -0.3 is 4.57 Å². The zero-order chi connectivity index (χ0) is 20.6. The third-order valence-corrected chi connectivity index (χ3v) is 4.82. The maximum atomic E-state index is 13.1. The monoisotopic (exact) mass is 417 g/mol. The summed E-state index contributed by atoms with van der Waals surface area (Å²) in [6, 6.07) is 14.1. The fraction of sp³-hybridized carbons (Fsp3) is 0.238. The van der Waals surface area contributed by atoms with E-state index in [0.29, 0.717) is 21.3 Å². The molecule has 0 spiro atoms. The number of aryl methyl sites for hydroxylation is 1. The molecule has 0 saturated carbocycles. The molecule has 3 aromatic rings. The van der Waals surface area contributed by atoms with Crippen molar-refractivity contribution >= 4 is 45.9 Å². The number of aromatic nitrogens is 1. The zero-order valence-electron chi connectivity index (χ0n) is 16.1. The van der Waals surface area contributed by atoms with Crippen LogP contribution in [0.1, 0.15) is 41.6 Å². The van der Waals surface area contributed by atoms with Crippen molar-refractivity contribution in [3.05, 3.63) is 69.8 Å². The number of carbonyl (C=O) groups is 2. The highest BCUT2D eigenvalue weighted by atomic mass is 35.5. The van der Waals surface area contributed by atoms with Gasteiger partial charge in [-0.05, 0) is 51.1 Å². The number of hydrogen-bond donors (Lipinski definition) is 1. The van der Waals surface area contributed by atoms with Gasteiger partial charge in [-0.1, -0.05) is 41.4 Å². The van der Waals surface area contributed by atoms with Crippen LogP contribution in [0.3, 0.4) is 0 Å². The summed E-state index contributed by atoms with van der Waals surface area (Å²) in [4.78, 5) is 26.1. The Labute approximate surface area is 173 Å². The first-order chi connectivity index (χ1) is 13.1. The highest BCUT2D eigenvalue weighted by Gasteiger charge is 2.30. The van der Waals surface area contributed by atoms with Crippen LogP contribution in [-0.4, -0.2) is 26.9 Å². The Morgan fingerprint density at radius 2 is 1.61 bits per heavy atom. The van der Waals surface area contributed by atoms with Crippen LogP contribution in [0.2, 0.25) is 10.0 Å². The number of nitrogens with one attached hydrogen (secondary N) is 1. The van der Waals surface area contributed by atoms with Gasteiger partial charge in [0.05, 0.1) is 5.54 Å². The summed E-state index contributed by atoms with van der Waals surface area (Å²) in [7, 11) is 1.82. The Morgan fingerprint density at radius 3 is 2.18 bits per heavy atom. The van der Waals surface area contributed by atoms with Crippen LogP contribution in [0.5, 0.6) is 0 Å². The Hall–Kier alpha value is -2.50. The van der Waals surface area contributed by atoms with Crippen molar-refractivity contribution in [1.29, 1.82) is 0 Å². The molecule has 1 aromatic heterocycles. The second-order valence-corrected chi connectivity index (χ2v) is 8.43. The molecule has 0 saturated heterocycles. The van der Waals surface area contributed by atoms with Gasteiger partial charge >= 0.3 is 0 Å². The predicted molar refractivity (Wildman–Crippen MR) is 113 cm³/mol. The van der Waals surface area contributed by atoms with Gasteiger partial charge in [0, 0.05) is 33.6 Å². The molecular formula is C21H21Cl2N3O2. The number of fused-ring (bicyclic) bond motifs is 1. The zero-order valence-corrected chi connectivity index (χ0v) is 17.6. The molecular weight excluding hydrogens is 397 g/mol. The number of nitrogens with zero attached hydrogens (tertiary/aromatic N) is 2. The molecule has 146 valence electrons. The van der Waals surface area contributed by atoms with E-state index in [9.17, 15) is 9.59 Å². The molecule has 2 aromatic carbocycles. The van der Waals surface area contributed by atoms with Crippen LogP contribution < -0.4 is 5.43 Å². The minimum atomic E-state index is -0.674. The molecule has 0 unspecified atom stereocenters. The fourth-order valence-corrected chi connectivity index (χ4v) is 3.52. The minimum Gasteiger partial charge on any atom is -0.340 e. The van der Waals surface area contributed by atoms with Crippen LogP contribution in [0, 0.1) is 0 Å². The normalized spacial score (nSPS) is 11.5. The molecule has 5 nitrogen and oxygen atoms in total. The molecule has 0 radical (unpaired) electrons. The van der Waals surface area contributed by atoms with Gasteiger partial charge in [0.25, 0.3) is 11.8 Å². The van der Waals surface area contributed by atoms with Crippen molar-refractivity contribution < 1.29 is 9.59 Å². The van der Waals surface area contributed by atoms with E-state index in [-0.39, 0.29) is 5.91 Å². The third kappa shape index (κ3) is 4.01. The van der Waals surface area contributed by atoms with E-state index in [1.807, 2.05) is 52.1 Å². The predicted octanol–water partition coefficient (Wildman–Crippen LogP) is 5.07. The van der Waals surface area contributed by atoms with Crippen LogP contribution in [-0.2, 0) is 7.05 Å². The highest BCUT2D eigenvalue weighted by Crippen LogP contribution is 2.23. The van der Waals surface area contributed by atoms with E-state index < -0.39 is 11.4 Å². The van der Waals surface area contributed by atoms with Crippen molar-refractivity contribution in [2.45, 2.75) is 26.3 Å². The van der Waals surface area contributed by atoms with Crippen molar-refractivity contribution in [1.82, 2.24) is 15.0 Å². The summed E-state index contributed by atoms with van der Waals surface area (Å²) in [6.45, 7) is 5.50. The molecule has 0 bridgehead atoms. The second-order valence-electron chi connectivity index (χ2n) is 7.56. The van der Waals surface area contributed by atoms with Crippen molar-refractivity contribution in [3.63, 3.8) is 0 Å². The number of carbonyl (C=O) groups excluding carboxylic acids is 2. The second kappa shape index (κ2) is 7.49. The van der Waals surface area contributed by atoms with Crippen molar-refractivity contribution in [2.24, 2.45) is 7.05 Å². The lowest BCUT2D eigenvalue weighted by atomic mass is 10.1. The van der Waals surface area contributed by atoms with Gasteiger partial charge in [-0.25, -0.2) is 5.01 Å². The number of rotatable bonds is 2. The van der Waals surface area contributed by atoms with E-state index in [4.69, 9.17) is 23.2 Å². The van der Waals surface area contributed by atoms with Gasteiger partial charge in [0.2, 0.25) is 0 Å². The first kappa shape index (κ1) is 20.2. The summed E-state index contributed by atoms with van der Waals surface area (Å²) in [6.07, 6.45) is 0. The van der Waals surface area contributed by atoms with Crippen LogP contribution in [0.4, 0.5) is 0 Å². The summed E-state index contributed by atoms with van der Waals surface area (Å²) >= 11 is 12.1. The lowest BCUT2D eigenvalue weighted by Crippen LogP contribution is -2.56. The van der Waals surface area contributed by atoms with Gasteiger partial charge in [0.1, 0.15) is 5.69 Å². The molecule has 0 aliphatic heterocycles. The lowest BCUT2D eigenvalue weighted by molar-refractivity contribution is 0.0355. The van der Waals surface area contributed by atoms with E-state index in [0.717, 1.165) is 10.9 Å². The lowest BCUT2D eigenvalue weighted by Gasteiger charge is -2.35. The smallest absolute Gasteiger partial charge is 0.286 e. The third-order valence-electron chi connectivity index (χ3n) is 4.38. The van der Waals surface area contributed by atoms with Gasteiger partial charge in [-0.3, -0.25) is 15.0 Å². The molecule has 0 aliphatic rings. The Kier molecular flexibility index (Phi) is 5.41. The van der Waals surface area contributed by atoms with Gasteiger partial charge in [-0.15, -0.1) is 0 Å². The molecule has 0 atom stereocenters. The van der Waals surface area contributed by atoms with E-state index in [1.54, 1.807) is 16.7 Å². The van der Waals surface area contributed by atoms with Gasteiger partial charge in [0.15, 0.2) is 0 Å². The van der Waals surface area contributed by atoms with Crippen LogP contribution in [0.15, 0.2) is 48.5 Å². The molecule has 0 fully saturated rings. The molecule has 7 heteroatoms. The average Bonchev–Trinajstić information content (AvgIpc) is 2.94. The maximum Gasteiger partial charge on any atom is 0.286 e. The van der Waals surface area contributed by atoms with Crippen LogP contribution in [0.25, 0.3) is 10.9 Å². The Morgan fingerprint density at radius 1 is 1.00 bits per heavy atom. The van der Waals surface area contributed by atoms with Crippen LogP contribution >= 0.6 is 23.2 Å². The number of benzene rings is 2. The molecule has 1 N–H and O–H groups in total. The summed E-state index contributed by atoms with van der Waals surface area (Å²) in [5, 5.41) is 2.95. The van der Waals surface area contributed by atoms with Crippen molar-refractivity contribution in [2.75, 3.05) is 0 Å². The van der Waals surface area contributed by atoms with Crippen molar-refractivity contribution in [3.8, 4) is 0 Å². The number of hydrogen-bond acceptors (Lipinski definition) is 2. The first-order valence-electron chi connectivity index (χ1n) is 8.74. The van der Waals surface area contributed by atoms with Gasteiger partial charge in [-0.2, -0.15) is 0 Å². The standard InChI is InChI=1S/C21H21Cl2N3O2/c1-21(2,3)26(20(28)14-9-15(22)12-16(23)10-14)24-19(27)18-11-13-7-5-6-8-17(13)25(18)4/h5-12H,1-4H3,(H,24,27). The Bertz CT molecular complexity index is 1050. The number of hydrazine groups is 1. The molecule has 2 amide bonds. The average molecular weight is 418 g/mol. The molecule has 0 aliphatic carbocycles.